The molecule has 4 rings (SSSR count). The molecule has 2 aromatic carbocycles. The number of nitrogens with one attached hydrogen (secondary N) is 2. The predicted molar refractivity (Wildman–Crippen MR) is 93.7 cm³/mol. The molecule has 0 saturated carbocycles. The van der Waals surface area contributed by atoms with Crippen molar-refractivity contribution in [3.05, 3.63) is 48.0 Å². The van der Waals surface area contributed by atoms with Crippen molar-refractivity contribution in [2.45, 2.75) is 19.8 Å². The van der Waals surface area contributed by atoms with E-state index >= 15 is 0 Å². The fourth-order valence-corrected chi connectivity index (χ4v) is 2.63. The number of H-pyrrole nitrogens is 1. The molecule has 6 nitrogen and oxygen atoms in total. The lowest BCUT2D eigenvalue weighted by atomic mass is 10.1. The van der Waals surface area contributed by atoms with Crippen molar-refractivity contribution in [1.82, 2.24) is 9.97 Å². The zero-order valence-corrected chi connectivity index (χ0v) is 13.4. The molecule has 0 saturated heterocycles. The van der Waals surface area contributed by atoms with Crippen molar-refractivity contribution in [1.29, 1.82) is 0 Å². The Kier molecular flexibility index (Phi) is 3.78. The Balaban J connectivity index is 1.37. The van der Waals surface area contributed by atoms with E-state index < -0.39 is 0 Å². The number of hydrogen-bond acceptors (Lipinski definition) is 5. The molecule has 0 spiro atoms. The molecule has 3 aromatic rings. The van der Waals surface area contributed by atoms with Crippen molar-refractivity contribution in [3.8, 4) is 11.5 Å². The number of nitrogens with zero attached hydrogens (tertiary/aromatic N) is 2. The average Bonchev–Trinajstić information content (AvgIpc) is 3.23. The largest absolute Gasteiger partial charge is 0.454 e. The van der Waals surface area contributed by atoms with E-state index in [-0.39, 0.29) is 0 Å². The van der Waals surface area contributed by atoms with Crippen LogP contribution in [0.3, 0.4) is 0 Å². The second-order valence-electron chi connectivity index (χ2n) is 5.75. The minimum Gasteiger partial charge on any atom is -0.454 e. The lowest BCUT2D eigenvalue weighted by molar-refractivity contribution is 0.174. The third-order valence-corrected chi connectivity index (χ3v) is 3.95. The lowest BCUT2D eigenvalue weighted by Crippen LogP contribution is -2.00. The molecule has 0 atom stereocenters. The Morgan fingerprint density at radius 3 is 3.00 bits per heavy atom. The summed E-state index contributed by atoms with van der Waals surface area (Å²) < 4.78 is 10.7. The summed E-state index contributed by atoms with van der Waals surface area (Å²) in [5.41, 5.74) is 7.12. The average molecular weight is 322 g/mol. The number of rotatable bonds is 5. The number of anilines is 1. The summed E-state index contributed by atoms with van der Waals surface area (Å²) in [5, 5.41) is 4.39. The summed E-state index contributed by atoms with van der Waals surface area (Å²) in [5.74, 6) is 2.29. The molecule has 1 aromatic heterocycles. The highest BCUT2D eigenvalue weighted by Gasteiger charge is 2.13. The van der Waals surface area contributed by atoms with Gasteiger partial charge in [0.2, 0.25) is 12.7 Å². The van der Waals surface area contributed by atoms with Gasteiger partial charge in [-0.25, -0.2) is 10.4 Å². The van der Waals surface area contributed by atoms with Crippen LogP contribution in [0.1, 0.15) is 18.9 Å². The van der Waals surface area contributed by atoms with Gasteiger partial charge < -0.3 is 14.5 Å². The second kappa shape index (κ2) is 6.23. The summed E-state index contributed by atoms with van der Waals surface area (Å²) in [6, 6.07) is 13.9. The first kappa shape index (κ1) is 14.6. The highest BCUT2D eigenvalue weighted by molar-refractivity contribution is 5.83. The number of aryl methyl sites for hydroxylation is 1. The first-order valence-electron chi connectivity index (χ1n) is 7.90. The minimum absolute atomic E-state index is 0.306. The highest BCUT2D eigenvalue weighted by Crippen LogP contribution is 2.32. The van der Waals surface area contributed by atoms with Gasteiger partial charge in [-0.15, -0.1) is 0 Å². The normalized spacial score (nSPS) is 13.5. The van der Waals surface area contributed by atoms with Crippen molar-refractivity contribution in [2.75, 3.05) is 12.2 Å². The Morgan fingerprint density at radius 1 is 1.21 bits per heavy atom. The maximum absolute atomic E-state index is 5.40. The molecule has 0 bridgehead atoms. The van der Waals surface area contributed by atoms with E-state index in [0.29, 0.717) is 12.7 Å². The SMILES string of the molecule is C/C(CCc1ccc2c(c1)OCO2)=N\Nc1nc2ccccc2[nH]1. The number of fused-ring (bicyclic) bond motifs is 2. The summed E-state index contributed by atoms with van der Waals surface area (Å²) >= 11 is 0. The van der Waals surface area contributed by atoms with Gasteiger partial charge >= 0.3 is 0 Å². The van der Waals surface area contributed by atoms with Gasteiger partial charge in [0.1, 0.15) is 0 Å². The van der Waals surface area contributed by atoms with Crippen LogP contribution in [0.25, 0.3) is 11.0 Å². The molecule has 1 aliphatic heterocycles. The molecule has 1 aliphatic rings. The van der Waals surface area contributed by atoms with Crippen LogP contribution in [0.15, 0.2) is 47.6 Å². The highest BCUT2D eigenvalue weighted by atomic mass is 16.7. The molecular weight excluding hydrogens is 304 g/mol. The maximum Gasteiger partial charge on any atom is 0.231 e. The van der Waals surface area contributed by atoms with E-state index in [2.05, 4.69) is 26.6 Å². The van der Waals surface area contributed by atoms with Crippen molar-refractivity contribution in [2.24, 2.45) is 5.10 Å². The summed E-state index contributed by atoms with van der Waals surface area (Å²) in [4.78, 5) is 7.63. The van der Waals surface area contributed by atoms with E-state index in [1.807, 2.05) is 43.3 Å². The van der Waals surface area contributed by atoms with E-state index in [4.69, 9.17) is 9.47 Å². The number of aromatic amines is 1. The van der Waals surface area contributed by atoms with Crippen LogP contribution in [0.4, 0.5) is 5.95 Å². The summed E-state index contributed by atoms with van der Waals surface area (Å²) in [7, 11) is 0. The Morgan fingerprint density at radius 2 is 2.08 bits per heavy atom. The molecular formula is C18H18N4O2. The van der Waals surface area contributed by atoms with Crippen LogP contribution in [-0.4, -0.2) is 22.5 Å². The summed E-state index contributed by atoms with van der Waals surface area (Å²) in [6.45, 7) is 2.31. The van der Waals surface area contributed by atoms with Crippen LogP contribution in [0.2, 0.25) is 0 Å². The van der Waals surface area contributed by atoms with Crippen molar-refractivity contribution in [3.63, 3.8) is 0 Å². The van der Waals surface area contributed by atoms with Gasteiger partial charge in [0, 0.05) is 5.71 Å². The predicted octanol–water partition coefficient (Wildman–Crippen LogP) is 3.71. The first-order chi connectivity index (χ1) is 11.8. The molecule has 0 aliphatic carbocycles. The molecule has 0 amide bonds. The third kappa shape index (κ3) is 3.03. The number of benzene rings is 2. The zero-order chi connectivity index (χ0) is 16.4. The number of ether oxygens (including phenoxy) is 2. The monoisotopic (exact) mass is 322 g/mol. The minimum atomic E-state index is 0.306. The lowest BCUT2D eigenvalue weighted by Gasteiger charge is -2.03. The van der Waals surface area contributed by atoms with Gasteiger partial charge in [-0.05, 0) is 49.6 Å². The Labute approximate surface area is 139 Å². The van der Waals surface area contributed by atoms with Gasteiger partial charge in [0.15, 0.2) is 11.5 Å². The molecule has 0 unspecified atom stereocenters. The fourth-order valence-electron chi connectivity index (χ4n) is 2.63. The number of aromatic nitrogens is 2. The third-order valence-electron chi connectivity index (χ3n) is 3.95. The van der Waals surface area contributed by atoms with Crippen molar-refractivity contribution < 1.29 is 9.47 Å². The van der Waals surface area contributed by atoms with Crippen LogP contribution in [0.5, 0.6) is 11.5 Å². The second-order valence-corrected chi connectivity index (χ2v) is 5.75. The smallest absolute Gasteiger partial charge is 0.231 e. The summed E-state index contributed by atoms with van der Waals surface area (Å²) in [6.07, 6.45) is 1.75. The van der Waals surface area contributed by atoms with Crippen molar-refractivity contribution >= 4 is 22.7 Å². The Hall–Kier alpha value is -3.02. The first-order valence-corrected chi connectivity index (χ1v) is 7.90. The van der Waals surface area contributed by atoms with Crippen LogP contribution >= 0.6 is 0 Å². The fraction of sp³-hybridized carbons (Fsp3) is 0.222. The molecule has 24 heavy (non-hydrogen) atoms. The van der Waals surface area contributed by atoms with Crippen LogP contribution in [-0.2, 0) is 6.42 Å². The van der Waals surface area contributed by atoms with Gasteiger partial charge in [0.25, 0.3) is 0 Å². The number of imidazole rings is 1. The molecule has 0 fully saturated rings. The van der Waals surface area contributed by atoms with Gasteiger partial charge in [-0.1, -0.05) is 18.2 Å². The van der Waals surface area contributed by atoms with Crippen LogP contribution < -0.4 is 14.9 Å². The van der Waals surface area contributed by atoms with E-state index in [0.717, 1.165) is 41.1 Å². The molecule has 2 N–H and O–H groups in total. The molecule has 122 valence electrons. The Bertz CT molecular complexity index is 868. The standard InChI is InChI=1S/C18H18N4O2/c1-12(6-7-13-8-9-16-17(10-13)24-11-23-16)21-22-18-19-14-4-2-3-5-15(14)20-18/h2-5,8-10H,6-7,11H2,1H3,(H2,19,20,22)/b21-12+. The van der Waals surface area contributed by atoms with E-state index in [9.17, 15) is 0 Å². The number of hydrazone groups is 1. The maximum atomic E-state index is 5.40. The zero-order valence-electron chi connectivity index (χ0n) is 13.4. The van der Waals surface area contributed by atoms with E-state index in [1.54, 1.807) is 0 Å². The molecule has 6 heteroatoms. The molecule has 0 radical (unpaired) electrons. The van der Waals surface area contributed by atoms with E-state index in [1.165, 1.54) is 5.56 Å². The quantitative estimate of drug-likeness (QED) is 0.555. The van der Waals surface area contributed by atoms with Gasteiger partial charge in [-0.2, -0.15) is 5.10 Å². The van der Waals surface area contributed by atoms with Gasteiger partial charge in [0.05, 0.1) is 11.0 Å². The number of hydrogen-bond donors (Lipinski definition) is 2. The topological polar surface area (TPSA) is 71.5 Å². The number of para-hydroxylation sites is 2. The molecule has 2 heterocycles. The van der Waals surface area contributed by atoms with Gasteiger partial charge in [-0.3, -0.25) is 0 Å². The van der Waals surface area contributed by atoms with Crippen LogP contribution in [0, 0.1) is 0 Å².